The van der Waals surface area contributed by atoms with Crippen molar-refractivity contribution in [1.29, 1.82) is 0 Å². The van der Waals surface area contributed by atoms with Crippen LogP contribution >= 0.6 is 0 Å². The van der Waals surface area contributed by atoms with E-state index in [0.717, 1.165) is 24.2 Å². The van der Waals surface area contributed by atoms with Gasteiger partial charge in [0.2, 0.25) is 0 Å². The molecule has 0 aromatic carbocycles. The molecule has 18 heavy (non-hydrogen) atoms. The average Bonchev–Trinajstić information content (AvgIpc) is 2.39. The molecule has 94 valence electrons. The molecular weight excluding hydrogens is 220 g/mol. The van der Waals surface area contributed by atoms with Crippen LogP contribution < -0.4 is 0 Å². The number of nitrogens with zero attached hydrogens (tertiary/aromatic N) is 2. The molecule has 0 bridgehead atoms. The maximum Gasteiger partial charge on any atom is 0.0415 e. The summed E-state index contributed by atoms with van der Waals surface area (Å²) in [5.74, 6) is 0. The maximum atomic E-state index is 4.68. The second-order valence-corrected chi connectivity index (χ2v) is 5.28. The third-order valence-corrected chi connectivity index (χ3v) is 3.29. The number of aryl methyl sites for hydroxylation is 1. The van der Waals surface area contributed by atoms with Crippen LogP contribution in [0.1, 0.15) is 37.7 Å². The van der Waals surface area contributed by atoms with E-state index in [0.29, 0.717) is 0 Å². The van der Waals surface area contributed by atoms with Crippen LogP contribution in [-0.4, -0.2) is 9.97 Å². The highest BCUT2D eigenvalue weighted by Gasteiger charge is 2.21. The van der Waals surface area contributed by atoms with Gasteiger partial charge in [-0.15, -0.1) is 0 Å². The van der Waals surface area contributed by atoms with E-state index in [1.807, 2.05) is 18.5 Å². The summed E-state index contributed by atoms with van der Waals surface area (Å²) in [6.07, 6.45) is 5.69. The van der Waals surface area contributed by atoms with Crippen LogP contribution in [0, 0.1) is 0 Å². The van der Waals surface area contributed by atoms with Gasteiger partial charge < -0.3 is 0 Å². The molecule has 2 heterocycles. The van der Waals surface area contributed by atoms with E-state index in [1.54, 1.807) is 0 Å². The first-order valence-corrected chi connectivity index (χ1v) is 6.47. The van der Waals surface area contributed by atoms with Crippen molar-refractivity contribution in [3.8, 4) is 0 Å². The van der Waals surface area contributed by atoms with Crippen molar-refractivity contribution >= 4 is 0 Å². The van der Waals surface area contributed by atoms with Crippen LogP contribution in [0.2, 0.25) is 0 Å². The summed E-state index contributed by atoms with van der Waals surface area (Å²) < 4.78 is 0. The SMILES string of the molecule is CCc1cccc(CC(C)(C)c2cccnc2)n1. The molecule has 2 rings (SSSR count). The topological polar surface area (TPSA) is 25.8 Å². The fourth-order valence-electron chi connectivity index (χ4n) is 2.14. The molecule has 0 unspecified atom stereocenters. The monoisotopic (exact) mass is 240 g/mol. The molecule has 0 saturated carbocycles. The van der Waals surface area contributed by atoms with Crippen LogP contribution in [0.25, 0.3) is 0 Å². The van der Waals surface area contributed by atoms with Crippen molar-refractivity contribution in [1.82, 2.24) is 9.97 Å². The summed E-state index contributed by atoms with van der Waals surface area (Å²) in [4.78, 5) is 8.89. The molecule has 0 saturated heterocycles. The Morgan fingerprint density at radius 3 is 2.50 bits per heavy atom. The second kappa shape index (κ2) is 5.30. The lowest BCUT2D eigenvalue weighted by atomic mass is 9.81. The Balaban J connectivity index is 2.22. The van der Waals surface area contributed by atoms with E-state index in [9.17, 15) is 0 Å². The summed E-state index contributed by atoms with van der Waals surface area (Å²) in [5, 5.41) is 0. The number of hydrogen-bond acceptors (Lipinski definition) is 2. The number of pyridine rings is 2. The third kappa shape index (κ3) is 2.95. The summed E-state index contributed by atoms with van der Waals surface area (Å²) >= 11 is 0. The van der Waals surface area contributed by atoms with Gasteiger partial charge in [0.1, 0.15) is 0 Å². The Hall–Kier alpha value is -1.70. The lowest BCUT2D eigenvalue weighted by molar-refractivity contribution is 0.512. The van der Waals surface area contributed by atoms with Crippen LogP contribution in [0.4, 0.5) is 0 Å². The standard InChI is InChI=1S/C16H20N2/c1-4-14-8-5-9-15(18-14)11-16(2,3)13-7-6-10-17-12-13/h5-10,12H,4,11H2,1-3H3. The predicted molar refractivity (Wildman–Crippen MR) is 74.6 cm³/mol. The van der Waals surface area contributed by atoms with Crippen LogP contribution in [0.3, 0.4) is 0 Å². The van der Waals surface area contributed by atoms with Crippen LogP contribution in [0.5, 0.6) is 0 Å². The highest BCUT2D eigenvalue weighted by Crippen LogP contribution is 2.26. The van der Waals surface area contributed by atoms with Crippen LogP contribution in [0.15, 0.2) is 42.7 Å². The highest BCUT2D eigenvalue weighted by atomic mass is 14.7. The Morgan fingerprint density at radius 1 is 1.06 bits per heavy atom. The summed E-state index contributed by atoms with van der Waals surface area (Å²) in [6.45, 7) is 6.62. The fourth-order valence-corrected chi connectivity index (χ4v) is 2.14. The molecule has 0 radical (unpaired) electrons. The first-order valence-electron chi connectivity index (χ1n) is 6.47. The summed E-state index contributed by atoms with van der Waals surface area (Å²) in [5.41, 5.74) is 3.64. The van der Waals surface area contributed by atoms with Gasteiger partial charge in [-0.25, -0.2) is 0 Å². The molecule has 0 N–H and O–H groups in total. The third-order valence-electron chi connectivity index (χ3n) is 3.29. The molecule has 0 aliphatic rings. The lowest BCUT2D eigenvalue weighted by Crippen LogP contribution is -2.21. The zero-order valence-corrected chi connectivity index (χ0v) is 11.4. The zero-order chi connectivity index (χ0) is 13.0. The number of rotatable bonds is 4. The molecule has 0 atom stereocenters. The Kier molecular flexibility index (Phi) is 3.75. The molecule has 0 aliphatic heterocycles. The van der Waals surface area contributed by atoms with Gasteiger partial charge >= 0.3 is 0 Å². The minimum absolute atomic E-state index is 0.0631. The molecule has 0 spiro atoms. The van der Waals surface area contributed by atoms with Gasteiger partial charge in [-0.05, 0) is 42.0 Å². The van der Waals surface area contributed by atoms with Crippen LogP contribution in [-0.2, 0) is 18.3 Å². The Labute approximate surface area is 109 Å². The van der Waals surface area contributed by atoms with Crippen molar-refractivity contribution in [2.75, 3.05) is 0 Å². The highest BCUT2D eigenvalue weighted by molar-refractivity contribution is 5.23. The van der Waals surface area contributed by atoms with Gasteiger partial charge in [-0.3, -0.25) is 9.97 Å². The molecule has 2 aromatic heterocycles. The lowest BCUT2D eigenvalue weighted by Gasteiger charge is -2.24. The van der Waals surface area contributed by atoms with Gasteiger partial charge in [-0.1, -0.05) is 32.9 Å². The smallest absolute Gasteiger partial charge is 0.0415 e. The minimum Gasteiger partial charge on any atom is -0.264 e. The normalized spacial score (nSPS) is 11.5. The van der Waals surface area contributed by atoms with Gasteiger partial charge in [0.15, 0.2) is 0 Å². The van der Waals surface area contributed by atoms with Crippen molar-refractivity contribution < 1.29 is 0 Å². The Bertz CT molecular complexity index is 504. The van der Waals surface area contributed by atoms with E-state index < -0.39 is 0 Å². The molecule has 0 aliphatic carbocycles. The zero-order valence-electron chi connectivity index (χ0n) is 11.4. The van der Waals surface area contributed by atoms with Gasteiger partial charge in [0.05, 0.1) is 0 Å². The first kappa shape index (κ1) is 12.7. The molecule has 0 fully saturated rings. The van der Waals surface area contributed by atoms with Crippen molar-refractivity contribution in [2.45, 2.75) is 39.0 Å². The average molecular weight is 240 g/mol. The number of hydrogen-bond donors (Lipinski definition) is 0. The van der Waals surface area contributed by atoms with E-state index >= 15 is 0 Å². The van der Waals surface area contributed by atoms with E-state index in [4.69, 9.17) is 0 Å². The molecule has 2 nitrogen and oxygen atoms in total. The van der Waals surface area contributed by atoms with Gasteiger partial charge in [0.25, 0.3) is 0 Å². The van der Waals surface area contributed by atoms with Gasteiger partial charge in [-0.2, -0.15) is 0 Å². The number of aromatic nitrogens is 2. The van der Waals surface area contributed by atoms with E-state index in [2.05, 4.69) is 55.0 Å². The van der Waals surface area contributed by atoms with Gasteiger partial charge in [0, 0.05) is 23.8 Å². The van der Waals surface area contributed by atoms with E-state index in [1.165, 1.54) is 5.56 Å². The predicted octanol–water partition coefficient (Wildman–Crippen LogP) is 3.56. The quantitative estimate of drug-likeness (QED) is 0.816. The van der Waals surface area contributed by atoms with Crippen molar-refractivity contribution in [2.24, 2.45) is 0 Å². The molecule has 2 aromatic rings. The molecule has 2 heteroatoms. The first-order chi connectivity index (χ1) is 8.62. The molecule has 0 amide bonds. The second-order valence-electron chi connectivity index (χ2n) is 5.28. The summed E-state index contributed by atoms with van der Waals surface area (Å²) in [6, 6.07) is 10.4. The summed E-state index contributed by atoms with van der Waals surface area (Å²) in [7, 11) is 0. The van der Waals surface area contributed by atoms with E-state index in [-0.39, 0.29) is 5.41 Å². The maximum absolute atomic E-state index is 4.68. The molecular formula is C16H20N2. The van der Waals surface area contributed by atoms with Crippen molar-refractivity contribution in [3.05, 3.63) is 59.7 Å². The fraction of sp³-hybridized carbons (Fsp3) is 0.375. The minimum atomic E-state index is 0.0631. The van der Waals surface area contributed by atoms with Crippen molar-refractivity contribution in [3.63, 3.8) is 0 Å². The Morgan fingerprint density at radius 2 is 1.83 bits per heavy atom. The largest absolute Gasteiger partial charge is 0.264 e.